The Morgan fingerprint density at radius 1 is 1.00 bits per heavy atom. The van der Waals surface area contributed by atoms with Crippen LogP contribution in [-0.4, -0.2) is 22.7 Å². The third-order valence-electron chi connectivity index (χ3n) is 3.73. The van der Waals surface area contributed by atoms with Crippen LogP contribution in [0.2, 0.25) is 0 Å². The predicted molar refractivity (Wildman–Crippen MR) is 93.0 cm³/mol. The first-order valence-electron chi connectivity index (χ1n) is 7.50. The first kappa shape index (κ1) is 15.0. The van der Waals surface area contributed by atoms with Gasteiger partial charge in [-0.3, -0.25) is 0 Å². The van der Waals surface area contributed by atoms with Crippen LogP contribution in [0.25, 0.3) is 11.3 Å². The van der Waals surface area contributed by atoms with Crippen molar-refractivity contribution in [2.75, 3.05) is 7.11 Å². The number of nitrogens with zero attached hydrogens (tertiary/aromatic N) is 3. The minimum Gasteiger partial charge on any atom is -0.480 e. The SMILES string of the molecule is COc1c(C)c(-c2ccccc2)nn1/N=C(\C)c1ccccc1. The molecule has 0 spiro atoms. The van der Waals surface area contributed by atoms with E-state index in [9.17, 15) is 0 Å². The number of aromatic nitrogens is 2. The van der Waals surface area contributed by atoms with Crippen molar-refractivity contribution in [1.82, 2.24) is 9.89 Å². The Morgan fingerprint density at radius 3 is 2.22 bits per heavy atom. The van der Waals surface area contributed by atoms with Gasteiger partial charge in [0.05, 0.1) is 12.8 Å². The Labute approximate surface area is 136 Å². The van der Waals surface area contributed by atoms with Gasteiger partial charge in [0.25, 0.3) is 0 Å². The third-order valence-corrected chi connectivity index (χ3v) is 3.73. The van der Waals surface area contributed by atoms with E-state index in [4.69, 9.17) is 4.74 Å². The van der Waals surface area contributed by atoms with E-state index in [1.54, 1.807) is 11.9 Å². The van der Waals surface area contributed by atoms with Gasteiger partial charge in [-0.2, -0.15) is 5.10 Å². The van der Waals surface area contributed by atoms with Crippen LogP contribution in [0.1, 0.15) is 18.1 Å². The van der Waals surface area contributed by atoms with Crippen LogP contribution in [0.5, 0.6) is 5.88 Å². The van der Waals surface area contributed by atoms with Gasteiger partial charge in [-0.05, 0) is 19.4 Å². The van der Waals surface area contributed by atoms with Gasteiger partial charge in [-0.25, -0.2) is 0 Å². The van der Waals surface area contributed by atoms with E-state index in [0.717, 1.165) is 28.1 Å². The quantitative estimate of drug-likeness (QED) is 0.680. The molecule has 0 radical (unpaired) electrons. The van der Waals surface area contributed by atoms with E-state index in [1.165, 1.54) is 0 Å². The van der Waals surface area contributed by atoms with Crippen LogP contribution in [0, 0.1) is 6.92 Å². The Kier molecular flexibility index (Phi) is 4.24. The molecule has 23 heavy (non-hydrogen) atoms. The van der Waals surface area contributed by atoms with E-state index < -0.39 is 0 Å². The average Bonchev–Trinajstić information content (AvgIpc) is 2.92. The first-order valence-corrected chi connectivity index (χ1v) is 7.50. The van der Waals surface area contributed by atoms with Crippen molar-refractivity contribution in [3.05, 3.63) is 71.8 Å². The van der Waals surface area contributed by atoms with Crippen LogP contribution in [0.15, 0.2) is 65.8 Å². The summed E-state index contributed by atoms with van der Waals surface area (Å²) < 4.78 is 5.51. The molecule has 0 saturated heterocycles. The summed E-state index contributed by atoms with van der Waals surface area (Å²) in [6, 6.07) is 20.1. The predicted octanol–water partition coefficient (Wildman–Crippen LogP) is 4.14. The highest BCUT2D eigenvalue weighted by Gasteiger charge is 2.16. The van der Waals surface area contributed by atoms with Gasteiger partial charge < -0.3 is 4.74 Å². The molecule has 0 bridgehead atoms. The van der Waals surface area contributed by atoms with Gasteiger partial charge in [0, 0.05) is 11.1 Å². The lowest BCUT2D eigenvalue weighted by molar-refractivity contribution is 0.368. The van der Waals surface area contributed by atoms with Crippen molar-refractivity contribution < 1.29 is 4.74 Å². The molecule has 3 aromatic rings. The van der Waals surface area contributed by atoms with Gasteiger partial charge in [-0.1, -0.05) is 60.7 Å². The molecule has 0 saturated carbocycles. The molecule has 0 aliphatic carbocycles. The van der Waals surface area contributed by atoms with Gasteiger partial charge >= 0.3 is 0 Å². The molecular weight excluding hydrogens is 286 g/mol. The van der Waals surface area contributed by atoms with Crippen LogP contribution in [-0.2, 0) is 0 Å². The summed E-state index contributed by atoms with van der Waals surface area (Å²) in [5, 5.41) is 9.22. The molecule has 1 heterocycles. The van der Waals surface area contributed by atoms with E-state index >= 15 is 0 Å². The summed E-state index contributed by atoms with van der Waals surface area (Å²) in [5.74, 6) is 0.652. The van der Waals surface area contributed by atoms with Crippen molar-refractivity contribution >= 4 is 5.71 Å². The summed E-state index contributed by atoms with van der Waals surface area (Å²) >= 11 is 0. The molecule has 116 valence electrons. The van der Waals surface area contributed by atoms with Gasteiger partial charge in [0.15, 0.2) is 0 Å². The van der Waals surface area contributed by atoms with Crippen molar-refractivity contribution in [3.63, 3.8) is 0 Å². The Morgan fingerprint density at radius 2 is 1.61 bits per heavy atom. The first-order chi connectivity index (χ1) is 11.2. The van der Waals surface area contributed by atoms with Gasteiger partial charge in [0.1, 0.15) is 5.69 Å². The minimum absolute atomic E-state index is 0.652. The third kappa shape index (κ3) is 3.01. The van der Waals surface area contributed by atoms with Crippen molar-refractivity contribution in [2.24, 2.45) is 5.10 Å². The topological polar surface area (TPSA) is 39.4 Å². The molecule has 0 amide bonds. The van der Waals surface area contributed by atoms with Gasteiger partial charge in [0.2, 0.25) is 5.88 Å². The van der Waals surface area contributed by atoms with Crippen molar-refractivity contribution in [3.8, 4) is 17.1 Å². The molecule has 2 aromatic carbocycles. The summed E-state index contributed by atoms with van der Waals surface area (Å²) in [4.78, 5) is 1.57. The lowest BCUT2D eigenvalue weighted by atomic mass is 10.1. The van der Waals surface area contributed by atoms with Crippen LogP contribution < -0.4 is 4.74 Å². The Hall–Kier alpha value is -2.88. The fraction of sp³-hybridized carbons (Fsp3) is 0.158. The highest BCUT2D eigenvalue weighted by Crippen LogP contribution is 2.29. The lowest BCUT2D eigenvalue weighted by Crippen LogP contribution is -2.03. The molecule has 0 N–H and O–H groups in total. The van der Waals surface area contributed by atoms with Crippen molar-refractivity contribution in [2.45, 2.75) is 13.8 Å². The maximum absolute atomic E-state index is 5.51. The molecule has 0 unspecified atom stereocenters. The van der Waals surface area contributed by atoms with E-state index in [1.807, 2.05) is 74.5 Å². The smallest absolute Gasteiger partial charge is 0.238 e. The average molecular weight is 305 g/mol. The van der Waals surface area contributed by atoms with Crippen LogP contribution in [0.4, 0.5) is 0 Å². The fourth-order valence-electron chi connectivity index (χ4n) is 2.52. The van der Waals surface area contributed by atoms with E-state index in [0.29, 0.717) is 5.88 Å². The molecule has 4 heteroatoms. The maximum atomic E-state index is 5.51. The molecule has 0 aliphatic heterocycles. The van der Waals surface area contributed by atoms with E-state index in [2.05, 4.69) is 10.2 Å². The highest BCUT2D eigenvalue weighted by molar-refractivity contribution is 5.98. The maximum Gasteiger partial charge on any atom is 0.238 e. The zero-order chi connectivity index (χ0) is 16.2. The summed E-state index contributed by atoms with van der Waals surface area (Å²) in [6.07, 6.45) is 0. The molecule has 1 aromatic heterocycles. The molecular formula is C19H19N3O. The number of ether oxygens (including phenoxy) is 1. The van der Waals surface area contributed by atoms with Gasteiger partial charge in [-0.15, -0.1) is 9.89 Å². The second-order valence-electron chi connectivity index (χ2n) is 5.29. The minimum atomic E-state index is 0.652. The normalized spacial score (nSPS) is 11.5. The Bertz CT molecular complexity index is 821. The summed E-state index contributed by atoms with van der Waals surface area (Å²) in [6.45, 7) is 3.96. The molecule has 0 atom stereocenters. The number of rotatable bonds is 4. The fourth-order valence-corrected chi connectivity index (χ4v) is 2.52. The van der Waals surface area contributed by atoms with Crippen molar-refractivity contribution in [1.29, 1.82) is 0 Å². The van der Waals surface area contributed by atoms with Crippen LogP contribution in [0.3, 0.4) is 0 Å². The number of methoxy groups -OCH3 is 1. The summed E-state index contributed by atoms with van der Waals surface area (Å²) in [5.41, 5.74) is 4.85. The van der Waals surface area contributed by atoms with Crippen LogP contribution >= 0.6 is 0 Å². The monoisotopic (exact) mass is 305 g/mol. The lowest BCUT2D eigenvalue weighted by Gasteiger charge is -2.03. The number of hydrogen-bond donors (Lipinski definition) is 0. The molecule has 3 rings (SSSR count). The largest absolute Gasteiger partial charge is 0.480 e. The standard InChI is InChI=1S/C19H19N3O/c1-14-18(17-12-8-5-9-13-17)21-22(19(14)23-3)20-15(2)16-10-6-4-7-11-16/h4-13H,1-3H3/b20-15+. The molecule has 0 aliphatic rings. The Balaban J connectivity index is 2.07. The zero-order valence-corrected chi connectivity index (χ0v) is 13.5. The number of benzene rings is 2. The second-order valence-corrected chi connectivity index (χ2v) is 5.29. The summed E-state index contributed by atoms with van der Waals surface area (Å²) in [7, 11) is 1.64. The second kappa shape index (κ2) is 6.48. The molecule has 0 fully saturated rings. The van der Waals surface area contributed by atoms with E-state index in [-0.39, 0.29) is 0 Å². The number of hydrogen-bond acceptors (Lipinski definition) is 3. The highest BCUT2D eigenvalue weighted by atomic mass is 16.5. The molecule has 4 nitrogen and oxygen atoms in total. The zero-order valence-electron chi connectivity index (χ0n) is 13.5.